The molecule has 4 aromatic rings. The second kappa shape index (κ2) is 11.2. The lowest BCUT2D eigenvalue weighted by molar-refractivity contribution is -0.118. The first-order valence-corrected chi connectivity index (χ1v) is 13.3. The lowest BCUT2D eigenvalue weighted by atomic mass is 10.0. The Balaban J connectivity index is 1.35. The smallest absolute Gasteiger partial charge is 0.341 e. The van der Waals surface area contributed by atoms with Gasteiger partial charge in [0.25, 0.3) is 5.91 Å². The van der Waals surface area contributed by atoms with Gasteiger partial charge in [0.1, 0.15) is 21.9 Å². The molecular formula is C29H27NO8S. The molecule has 0 spiro atoms. The van der Waals surface area contributed by atoms with Crippen LogP contribution in [0.1, 0.15) is 34.8 Å². The van der Waals surface area contributed by atoms with Gasteiger partial charge in [0.15, 0.2) is 18.1 Å². The van der Waals surface area contributed by atoms with Crippen molar-refractivity contribution in [2.75, 3.05) is 32.8 Å². The van der Waals surface area contributed by atoms with Crippen molar-refractivity contribution in [3.05, 3.63) is 68.9 Å². The van der Waals surface area contributed by atoms with Crippen LogP contribution in [0.5, 0.6) is 17.2 Å². The number of thiophene rings is 1. The maximum Gasteiger partial charge on any atom is 0.341 e. The quantitative estimate of drug-likeness (QED) is 0.223. The van der Waals surface area contributed by atoms with Gasteiger partial charge in [0.05, 0.1) is 20.8 Å². The predicted octanol–water partition coefficient (Wildman–Crippen LogP) is 5.22. The van der Waals surface area contributed by atoms with Crippen LogP contribution in [-0.4, -0.2) is 39.3 Å². The third-order valence-electron chi connectivity index (χ3n) is 6.53. The van der Waals surface area contributed by atoms with Crippen molar-refractivity contribution in [2.24, 2.45) is 0 Å². The SMILES string of the molecule is CCOC(=O)c1c(-c2ccc(OC)c(OC)c2)csc1NC(=O)COc1ccc2c3c(c(=O)oc2c1)CCC3. The molecule has 2 heterocycles. The van der Waals surface area contributed by atoms with Crippen molar-refractivity contribution in [3.63, 3.8) is 0 Å². The number of hydrogen-bond donors (Lipinski definition) is 1. The number of fused-ring (bicyclic) bond motifs is 3. The Kier molecular flexibility index (Phi) is 7.56. The number of rotatable bonds is 9. The summed E-state index contributed by atoms with van der Waals surface area (Å²) in [6.45, 7) is 1.58. The summed E-state index contributed by atoms with van der Waals surface area (Å²) in [6, 6.07) is 10.5. The van der Waals surface area contributed by atoms with Crippen LogP contribution in [0, 0.1) is 0 Å². The number of carbonyl (C=O) groups excluding carboxylic acids is 2. The molecule has 0 aliphatic heterocycles. The minimum atomic E-state index is -0.558. The molecule has 0 atom stereocenters. The molecule has 0 radical (unpaired) electrons. The number of anilines is 1. The van der Waals surface area contributed by atoms with E-state index < -0.39 is 11.9 Å². The fourth-order valence-corrected chi connectivity index (χ4v) is 5.71. The van der Waals surface area contributed by atoms with E-state index in [9.17, 15) is 14.4 Å². The van der Waals surface area contributed by atoms with Crippen molar-refractivity contribution in [2.45, 2.75) is 26.2 Å². The maximum atomic E-state index is 12.9. The lowest BCUT2D eigenvalue weighted by Crippen LogP contribution is -2.21. The second-order valence-electron chi connectivity index (χ2n) is 8.84. The van der Waals surface area contributed by atoms with Crippen molar-refractivity contribution in [1.29, 1.82) is 0 Å². The predicted molar refractivity (Wildman–Crippen MR) is 147 cm³/mol. The van der Waals surface area contributed by atoms with Crippen LogP contribution in [0.15, 0.2) is 51.0 Å². The van der Waals surface area contributed by atoms with Gasteiger partial charge in [-0.25, -0.2) is 9.59 Å². The molecule has 0 saturated heterocycles. The normalized spacial score (nSPS) is 12.2. The van der Waals surface area contributed by atoms with Crippen LogP contribution in [-0.2, 0) is 22.4 Å². The Hall–Kier alpha value is -4.31. The van der Waals surface area contributed by atoms with Crippen LogP contribution in [0.3, 0.4) is 0 Å². The number of methoxy groups -OCH3 is 2. The first-order chi connectivity index (χ1) is 18.9. The lowest BCUT2D eigenvalue weighted by Gasteiger charge is -2.12. The molecule has 0 fully saturated rings. The number of carbonyl (C=O) groups is 2. The summed E-state index contributed by atoms with van der Waals surface area (Å²) in [7, 11) is 3.07. The zero-order valence-electron chi connectivity index (χ0n) is 21.8. The van der Waals surface area contributed by atoms with Crippen LogP contribution >= 0.6 is 11.3 Å². The first-order valence-electron chi connectivity index (χ1n) is 12.5. The topological polar surface area (TPSA) is 113 Å². The minimum absolute atomic E-state index is 0.178. The molecule has 39 heavy (non-hydrogen) atoms. The van der Waals surface area contributed by atoms with Gasteiger partial charge in [0, 0.05) is 28.0 Å². The maximum absolute atomic E-state index is 12.9. The fraction of sp³-hybridized carbons (Fsp3) is 0.276. The van der Waals surface area contributed by atoms with E-state index >= 15 is 0 Å². The average molecular weight is 550 g/mol. The summed E-state index contributed by atoms with van der Waals surface area (Å²) in [5, 5.41) is 5.77. The van der Waals surface area contributed by atoms with Crippen molar-refractivity contribution in [1.82, 2.24) is 0 Å². The largest absolute Gasteiger partial charge is 0.493 e. The monoisotopic (exact) mass is 549 g/mol. The molecule has 1 aliphatic rings. The number of ether oxygens (including phenoxy) is 4. The molecule has 1 aliphatic carbocycles. The molecule has 1 N–H and O–H groups in total. The van der Waals surface area contributed by atoms with E-state index in [1.54, 1.807) is 49.7 Å². The Morgan fingerprint density at radius 3 is 2.59 bits per heavy atom. The van der Waals surface area contributed by atoms with Crippen molar-refractivity contribution < 1.29 is 33.0 Å². The van der Waals surface area contributed by atoms with E-state index in [0.717, 1.165) is 35.8 Å². The number of esters is 1. The van der Waals surface area contributed by atoms with E-state index in [4.69, 9.17) is 23.4 Å². The molecule has 0 unspecified atom stereocenters. The zero-order valence-corrected chi connectivity index (χ0v) is 22.6. The van der Waals surface area contributed by atoms with Crippen LogP contribution in [0.2, 0.25) is 0 Å². The van der Waals surface area contributed by atoms with Crippen LogP contribution in [0.25, 0.3) is 22.1 Å². The Bertz CT molecular complexity index is 1620. The molecule has 0 bridgehead atoms. The summed E-state index contributed by atoms with van der Waals surface area (Å²) in [5.74, 6) is 0.429. The van der Waals surface area contributed by atoms with Crippen LogP contribution in [0.4, 0.5) is 5.00 Å². The zero-order chi connectivity index (χ0) is 27.5. The number of hydrogen-bond acceptors (Lipinski definition) is 9. The minimum Gasteiger partial charge on any atom is -0.493 e. The molecule has 2 aromatic heterocycles. The summed E-state index contributed by atoms with van der Waals surface area (Å²) in [4.78, 5) is 38.0. The van der Waals surface area contributed by atoms with Gasteiger partial charge in [0.2, 0.25) is 0 Å². The van der Waals surface area contributed by atoms with E-state index in [0.29, 0.717) is 39.0 Å². The van der Waals surface area contributed by atoms with E-state index in [1.807, 2.05) is 6.07 Å². The van der Waals surface area contributed by atoms with E-state index in [1.165, 1.54) is 18.4 Å². The molecule has 0 saturated carbocycles. The van der Waals surface area contributed by atoms with E-state index in [2.05, 4.69) is 5.32 Å². The number of amides is 1. The summed E-state index contributed by atoms with van der Waals surface area (Å²) in [5.41, 5.74) is 3.42. The number of benzene rings is 2. The highest BCUT2D eigenvalue weighted by Crippen LogP contribution is 2.39. The average Bonchev–Trinajstić information content (AvgIpc) is 3.60. The number of aryl methyl sites for hydroxylation is 1. The highest BCUT2D eigenvalue weighted by atomic mass is 32.1. The number of nitrogens with one attached hydrogen (secondary N) is 1. The molecule has 10 heteroatoms. The van der Waals surface area contributed by atoms with Gasteiger partial charge in [-0.05, 0) is 61.6 Å². The molecule has 2 aromatic carbocycles. The molecule has 1 amide bonds. The summed E-state index contributed by atoms with van der Waals surface area (Å²) < 4.78 is 27.2. The molecular weight excluding hydrogens is 522 g/mol. The fourth-order valence-electron chi connectivity index (χ4n) is 4.74. The third kappa shape index (κ3) is 5.20. The standard InChI is InChI=1S/C29H27NO8S/c1-4-36-29(33)26-21(16-8-11-22(34-2)24(12-16)35-3)15-39-27(26)30-25(31)14-37-17-9-10-19-18-6-5-7-20(18)28(32)38-23(19)13-17/h8-13,15H,4-7,14H2,1-3H3,(H,30,31). The Morgan fingerprint density at radius 2 is 1.82 bits per heavy atom. The highest BCUT2D eigenvalue weighted by Gasteiger charge is 2.24. The third-order valence-corrected chi connectivity index (χ3v) is 7.43. The Morgan fingerprint density at radius 1 is 1.03 bits per heavy atom. The van der Waals surface area contributed by atoms with Crippen molar-refractivity contribution in [3.8, 4) is 28.4 Å². The van der Waals surface area contributed by atoms with Gasteiger partial charge >= 0.3 is 11.6 Å². The molecule has 202 valence electrons. The summed E-state index contributed by atoms with van der Waals surface area (Å²) in [6.07, 6.45) is 2.51. The van der Waals surface area contributed by atoms with Gasteiger partial charge in [-0.3, -0.25) is 4.79 Å². The highest BCUT2D eigenvalue weighted by molar-refractivity contribution is 7.15. The van der Waals surface area contributed by atoms with Gasteiger partial charge in [-0.2, -0.15) is 0 Å². The van der Waals surface area contributed by atoms with E-state index in [-0.39, 0.29) is 24.4 Å². The molecule has 9 nitrogen and oxygen atoms in total. The first kappa shape index (κ1) is 26.3. The van der Waals surface area contributed by atoms with Gasteiger partial charge in [-0.15, -0.1) is 11.3 Å². The second-order valence-corrected chi connectivity index (χ2v) is 9.72. The van der Waals surface area contributed by atoms with Crippen molar-refractivity contribution >= 4 is 39.2 Å². The summed E-state index contributed by atoms with van der Waals surface area (Å²) >= 11 is 1.20. The molecule has 5 rings (SSSR count). The van der Waals surface area contributed by atoms with Crippen LogP contribution < -0.4 is 25.2 Å². The van der Waals surface area contributed by atoms with Gasteiger partial charge in [-0.1, -0.05) is 6.07 Å². The Labute approximate surface area is 228 Å². The van der Waals surface area contributed by atoms with Gasteiger partial charge < -0.3 is 28.7 Å².